The Morgan fingerprint density at radius 1 is 1.42 bits per heavy atom. The molecule has 1 N–H and O–H groups in total. The Kier molecular flexibility index (Phi) is 6.77. The lowest BCUT2D eigenvalue weighted by Crippen LogP contribution is -2.14. The predicted octanol–water partition coefficient (Wildman–Crippen LogP) is 4.56. The summed E-state index contributed by atoms with van der Waals surface area (Å²) >= 11 is 6.98. The highest BCUT2D eigenvalue weighted by atomic mass is 35.5. The third kappa shape index (κ3) is 5.31. The number of anilines is 1. The van der Waals surface area contributed by atoms with Crippen molar-refractivity contribution in [3.05, 3.63) is 46.1 Å². The summed E-state index contributed by atoms with van der Waals surface area (Å²) in [4.78, 5) is 16.4. The monoisotopic (exact) mass is 397 g/mol. The average molecular weight is 398 g/mol. The van der Waals surface area contributed by atoms with Gasteiger partial charge in [-0.2, -0.15) is 14.0 Å². The van der Waals surface area contributed by atoms with Crippen LogP contribution in [0.4, 0.5) is 14.5 Å². The van der Waals surface area contributed by atoms with E-state index in [9.17, 15) is 18.8 Å². The summed E-state index contributed by atoms with van der Waals surface area (Å²) in [7, 11) is 0. The van der Waals surface area contributed by atoms with Crippen LogP contribution in [0.1, 0.15) is 16.8 Å². The van der Waals surface area contributed by atoms with E-state index in [2.05, 4.69) is 21.1 Å². The smallest absolute Gasteiger partial charge is 0.387 e. The van der Waals surface area contributed by atoms with Gasteiger partial charge in [-0.3, -0.25) is 4.79 Å². The number of nitrogens with zero attached hydrogens (tertiary/aromatic N) is 2. The Bertz CT molecular complexity index is 872. The number of nitrogens with one attached hydrogen (secondary N) is 1. The number of alkyl halides is 2. The normalized spacial score (nSPS) is 10.5. The van der Waals surface area contributed by atoms with E-state index < -0.39 is 6.61 Å². The van der Waals surface area contributed by atoms with E-state index in [4.69, 9.17) is 11.6 Å². The Morgan fingerprint density at radius 2 is 2.15 bits per heavy atom. The average Bonchev–Trinajstić information content (AvgIpc) is 2.54. The van der Waals surface area contributed by atoms with Crippen molar-refractivity contribution in [1.29, 1.82) is 5.26 Å². The molecule has 0 saturated heterocycles. The maximum atomic E-state index is 12.2. The molecule has 0 spiro atoms. The molecule has 0 radical (unpaired) electrons. The van der Waals surface area contributed by atoms with E-state index in [1.54, 1.807) is 6.07 Å². The van der Waals surface area contributed by atoms with Crippen LogP contribution in [0, 0.1) is 25.2 Å². The van der Waals surface area contributed by atoms with Gasteiger partial charge in [-0.1, -0.05) is 23.4 Å². The molecular weight excluding hydrogens is 384 g/mol. The minimum absolute atomic E-state index is 0.0253. The second-order valence-electron chi connectivity index (χ2n) is 5.23. The van der Waals surface area contributed by atoms with E-state index in [-0.39, 0.29) is 22.4 Å². The molecule has 9 heteroatoms. The largest absolute Gasteiger partial charge is 0.433 e. The van der Waals surface area contributed by atoms with Crippen LogP contribution in [0.25, 0.3) is 0 Å². The topological polar surface area (TPSA) is 75.0 Å². The van der Waals surface area contributed by atoms with E-state index in [0.29, 0.717) is 16.3 Å². The molecule has 0 aliphatic carbocycles. The van der Waals surface area contributed by atoms with Crippen LogP contribution in [0.2, 0.25) is 5.02 Å². The zero-order valence-corrected chi connectivity index (χ0v) is 15.4. The maximum Gasteiger partial charge on any atom is 0.387 e. The summed E-state index contributed by atoms with van der Waals surface area (Å²) in [5, 5.41) is 12.3. The van der Waals surface area contributed by atoms with Crippen molar-refractivity contribution in [2.75, 3.05) is 11.1 Å². The Hall–Kier alpha value is -2.37. The molecule has 1 aromatic heterocycles. The number of hydrogen-bond acceptors (Lipinski definition) is 5. The summed E-state index contributed by atoms with van der Waals surface area (Å²) in [6.07, 6.45) is 0. The highest BCUT2D eigenvalue weighted by molar-refractivity contribution is 8.00. The molecule has 0 unspecified atom stereocenters. The Labute approximate surface area is 158 Å². The van der Waals surface area contributed by atoms with Gasteiger partial charge in [-0.25, -0.2) is 4.98 Å². The van der Waals surface area contributed by atoms with Crippen LogP contribution < -0.4 is 10.1 Å². The Balaban J connectivity index is 2.02. The van der Waals surface area contributed by atoms with Gasteiger partial charge in [0.2, 0.25) is 5.91 Å². The molecule has 1 aromatic carbocycles. The van der Waals surface area contributed by atoms with Gasteiger partial charge in [0.1, 0.15) is 16.8 Å². The first-order valence-electron chi connectivity index (χ1n) is 7.35. The standard InChI is InChI=1S/C17H14ClF2N3O2S/c1-9-5-10(2)22-16(12(9)7-21)26-8-15(24)23-11-3-4-14(13(18)6-11)25-17(19)20/h3-6,17H,8H2,1-2H3,(H,23,24). The van der Waals surface area contributed by atoms with Crippen molar-refractivity contribution in [3.8, 4) is 11.8 Å². The molecule has 0 aliphatic heterocycles. The molecule has 2 aromatic rings. The maximum absolute atomic E-state index is 12.2. The van der Waals surface area contributed by atoms with E-state index >= 15 is 0 Å². The highest BCUT2D eigenvalue weighted by Crippen LogP contribution is 2.29. The fourth-order valence-corrected chi connectivity index (χ4v) is 3.27. The summed E-state index contributed by atoms with van der Waals surface area (Å²) in [6.45, 7) is 0.634. The number of aryl methyl sites for hydroxylation is 2. The van der Waals surface area contributed by atoms with Crippen LogP contribution in [-0.4, -0.2) is 23.3 Å². The number of benzene rings is 1. The lowest BCUT2D eigenvalue weighted by atomic mass is 10.1. The minimum atomic E-state index is -2.98. The lowest BCUT2D eigenvalue weighted by molar-refractivity contribution is -0.113. The number of thioether (sulfide) groups is 1. The Morgan fingerprint density at radius 3 is 2.77 bits per heavy atom. The molecule has 0 bridgehead atoms. The van der Waals surface area contributed by atoms with Gasteiger partial charge in [0.15, 0.2) is 0 Å². The van der Waals surface area contributed by atoms with Gasteiger partial charge in [0.25, 0.3) is 0 Å². The number of pyridine rings is 1. The summed E-state index contributed by atoms with van der Waals surface area (Å²) in [5.74, 6) is -0.497. The van der Waals surface area contributed by atoms with E-state index in [0.717, 1.165) is 23.0 Å². The second-order valence-corrected chi connectivity index (χ2v) is 6.60. The van der Waals surface area contributed by atoms with Crippen molar-refractivity contribution in [2.45, 2.75) is 25.5 Å². The van der Waals surface area contributed by atoms with Gasteiger partial charge in [-0.15, -0.1) is 0 Å². The second kappa shape index (κ2) is 8.83. The molecule has 0 saturated carbocycles. The molecule has 136 valence electrons. The number of carbonyl (C=O) groups excluding carboxylic acids is 1. The van der Waals surface area contributed by atoms with E-state index in [1.807, 2.05) is 13.8 Å². The number of ether oxygens (including phenoxy) is 1. The summed E-state index contributed by atoms with van der Waals surface area (Å²) < 4.78 is 28.7. The zero-order chi connectivity index (χ0) is 19.3. The molecule has 0 atom stereocenters. The minimum Gasteiger partial charge on any atom is -0.433 e. The third-order valence-corrected chi connectivity index (χ3v) is 4.47. The molecule has 0 fully saturated rings. The molecule has 1 heterocycles. The third-order valence-electron chi connectivity index (χ3n) is 3.19. The van der Waals surface area contributed by atoms with E-state index in [1.165, 1.54) is 18.2 Å². The van der Waals surface area contributed by atoms with Crippen LogP contribution in [0.15, 0.2) is 29.3 Å². The van der Waals surface area contributed by atoms with Crippen molar-refractivity contribution >= 4 is 35.0 Å². The number of halogens is 3. The first-order valence-corrected chi connectivity index (χ1v) is 8.72. The first-order chi connectivity index (χ1) is 12.3. The number of amides is 1. The molecular formula is C17H14ClF2N3O2S. The number of nitriles is 1. The van der Waals surface area contributed by atoms with Crippen LogP contribution >= 0.6 is 23.4 Å². The summed E-state index contributed by atoms with van der Waals surface area (Å²) in [5.41, 5.74) is 2.33. The number of rotatable bonds is 6. The number of hydrogen-bond donors (Lipinski definition) is 1. The zero-order valence-electron chi connectivity index (χ0n) is 13.8. The number of carbonyl (C=O) groups is 1. The van der Waals surface area contributed by atoms with Crippen molar-refractivity contribution in [3.63, 3.8) is 0 Å². The fraction of sp³-hybridized carbons (Fsp3) is 0.235. The summed E-state index contributed by atoms with van der Waals surface area (Å²) in [6, 6.07) is 7.85. The first kappa shape index (κ1) is 19.9. The van der Waals surface area contributed by atoms with Gasteiger partial charge >= 0.3 is 6.61 Å². The van der Waals surface area contributed by atoms with Crippen LogP contribution in [0.3, 0.4) is 0 Å². The highest BCUT2D eigenvalue weighted by Gasteiger charge is 2.13. The van der Waals surface area contributed by atoms with Crippen molar-refractivity contribution in [1.82, 2.24) is 4.98 Å². The van der Waals surface area contributed by atoms with Crippen LogP contribution in [0.5, 0.6) is 5.75 Å². The van der Waals surface area contributed by atoms with Crippen molar-refractivity contribution in [2.24, 2.45) is 0 Å². The predicted molar refractivity (Wildman–Crippen MR) is 95.9 cm³/mol. The van der Waals surface area contributed by atoms with Crippen LogP contribution in [-0.2, 0) is 4.79 Å². The lowest BCUT2D eigenvalue weighted by Gasteiger charge is -2.10. The SMILES string of the molecule is Cc1cc(C)c(C#N)c(SCC(=O)Nc2ccc(OC(F)F)c(Cl)c2)n1. The molecule has 0 aliphatic rings. The fourth-order valence-electron chi connectivity index (χ4n) is 2.14. The molecule has 2 rings (SSSR count). The molecule has 5 nitrogen and oxygen atoms in total. The quantitative estimate of drug-likeness (QED) is 0.723. The molecule has 1 amide bonds. The van der Waals surface area contributed by atoms with Gasteiger partial charge in [0.05, 0.1) is 16.3 Å². The number of aromatic nitrogens is 1. The van der Waals surface area contributed by atoms with Gasteiger partial charge < -0.3 is 10.1 Å². The van der Waals surface area contributed by atoms with Crippen molar-refractivity contribution < 1.29 is 18.3 Å². The van der Waals surface area contributed by atoms with Gasteiger partial charge in [-0.05, 0) is 43.7 Å². The van der Waals surface area contributed by atoms with Gasteiger partial charge in [0, 0.05) is 11.4 Å². The molecule has 26 heavy (non-hydrogen) atoms.